The van der Waals surface area contributed by atoms with E-state index in [1.54, 1.807) is 25.1 Å². The van der Waals surface area contributed by atoms with E-state index < -0.39 is 27.8 Å². The van der Waals surface area contributed by atoms with Crippen LogP contribution in [0, 0.1) is 5.92 Å². The molecule has 2 aromatic rings. The molecule has 1 aliphatic carbocycles. The van der Waals surface area contributed by atoms with Gasteiger partial charge in [-0.15, -0.1) is 0 Å². The van der Waals surface area contributed by atoms with Crippen molar-refractivity contribution in [3.63, 3.8) is 0 Å². The van der Waals surface area contributed by atoms with E-state index in [2.05, 4.69) is 15.0 Å². The molecule has 0 saturated heterocycles. The van der Waals surface area contributed by atoms with E-state index in [1.165, 1.54) is 30.3 Å². The zero-order valence-electron chi connectivity index (χ0n) is 19.6. The lowest BCUT2D eigenvalue weighted by molar-refractivity contribution is -0.360. The highest BCUT2D eigenvalue weighted by molar-refractivity contribution is 7.91. The van der Waals surface area contributed by atoms with Gasteiger partial charge < -0.3 is 10.1 Å². The predicted molar refractivity (Wildman–Crippen MR) is 128 cm³/mol. The van der Waals surface area contributed by atoms with Crippen molar-refractivity contribution >= 4 is 45.1 Å². The summed E-state index contributed by atoms with van der Waals surface area (Å²) in [5.41, 5.74) is 6.40. The van der Waals surface area contributed by atoms with Gasteiger partial charge in [0.15, 0.2) is 0 Å². The molecule has 35 heavy (non-hydrogen) atoms. The first-order valence-corrected chi connectivity index (χ1v) is 12.7. The van der Waals surface area contributed by atoms with Gasteiger partial charge >= 0.3 is 12.1 Å². The van der Waals surface area contributed by atoms with Crippen LogP contribution in [0.4, 0.5) is 16.2 Å². The maximum atomic E-state index is 13.2. The summed E-state index contributed by atoms with van der Waals surface area (Å²) in [6.45, 7) is 1.55. The lowest BCUT2D eigenvalue weighted by Crippen LogP contribution is -2.75. The smallest absolute Gasteiger partial charge is 0.440 e. The maximum absolute atomic E-state index is 13.2. The second-order valence-electron chi connectivity index (χ2n) is 8.06. The predicted octanol–water partition coefficient (Wildman–Crippen LogP) is 1.68. The molecule has 0 aliphatic heterocycles. The van der Waals surface area contributed by atoms with E-state index in [1.807, 2.05) is 0 Å². The summed E-state index contributed by atoms with van der Waals surface area (Å²) in [5.74, 6) is -1.37. The van der Waals surface area contributed by atoms with Crippen LogP contribution in [0.5, 0.6) is 0 Å². The normalized spacial score (nSPS) is 14.4. The molecule has 0 bridgehead atoms. The second-order valence-corrected chi connectivity index (χ2v) is 10.0. The summed E-state index contributed by atoms with van der Waals surface area (Å²) in [6.07, 6.45) is 2.42. The first kappa shape index (κ1) is 25.9. The van der Waals surface area contributed by atoms with Crippen LogP contribution in [0.15, 0.2) is 58.3 Å². The van der Waals surface area contributed by atoms with Gasteiger partial charge in [-0.1, -0.05) is 42.9 Å². The number of rotatable bonds is 6. The Morgan fingerprint density at radius 3 is 2.34 bits per heavy atom. The molecule has 1 fully saturated rings. The first-order chi connectivity index (χ1) is 16.7. The van der Waals surface area contributed by atoms with Crippen LogP contribution in [0.2, 0.25) is 0 Å². The SMILES string of the molecule is CCC(=O)N(C(=O)OC)C(N)=[NH+]c1cc(S(=O)(=O)c2ccccc2)ccc1NC(=O)C1CCCC1. The number of hydrogen-bond acceptors (Lipinski definition) is 6. The largest absolute Gasteiger partial charge is 0.485 e. The van der Waals surface area contributed by atoms with E-state index in [0.29, 0.717) is 4.90 Å². The molecular formula is C24H29N4O6S+. The Morgan fingerprint density at radius 2 is 1.74 bits per heavy atom. The first-order valence-electron chi connectivity index (χ1n) is 11.2. The molecule has 1 aliphatic rings. The van der Waals surface area contributed by atoms with Crippen molar-refractivity contribution in [1.82, 2.24) is 4.90 Å². The van der Waals surface area contributed by atoms with Crippen LogP contribution in [0.1, 0.15) is 39.0 Å². The van der Waals surface area contributed by atoms with Gasteiger partial charge in [-0.3, -0.25) is 15.3 Å². The van der Waals surface area contributed by atoms with Gasteiger partial charge in [0.05, 0.1) is 22.6 Å². The fourth-order valence-corrected chi connectivity index (χ4v) is 5.15. The molecule has 0 unspecified atom stereocenters. The summed E-state index contributed by atoms with van der Waals surface area (Å²) in [5, 5.41) is 2.82. The molecule has 186 valence electrons. The van der Waals surface area contributed by atoms with Gasteiger partial charge in [-0.25, -0.2) is 18.2 Å². The van der Waals surface area contributed by atoms with Crippen molar-refractivity contribution in [1.29, 1.82) is 0 Å². The lowest BCUT2D eigenvalue weighted by Gasteiger charge is -2.15. The standard InChI is InChI=1S/C24H28N4O6S/c1-3-21(29)28(24(31)34-2)23(25)27-20-15-18(35(32,33)17-11-5-4-6-12-17)13-14-19(20)26-22(30)16-9-7-8-10-16/h4-6,11-16H,3,7-10H2,1-2H3,(H2,25,27)(H,26,30)/p+1. The molecule has 3 amide bonds. The number of guanidine groups is 1. The highest BCUT2D eigenvalue weighted by atomic mass is 32.2. The Labute approximate surface area is 204 Å². The van der Waals surface area contributed by atoms with Crippen molar-refractivity contribution in [2.45, 2.75) is 48.8 Å². The molecule has 0 aromatic heterocycles. The van der Waals surface area contributed by atoms with Crippen LogP contribution >= 0.6 is 0 Å². The number of methoxy groups -OCH3 is 1. The fraction of sp³-hybridized carbons (Fsp3) is 0.333. The summed E-state index contributed by atoms with van der Waals surface area (Å²) < 4.78 is 31.0. The van der Waals surface area contributed by atoms with E-state index >= 15 is 0 Å². The molecule has 0 spiro atoms. The molecule has 3 rings (SSSR count). The molecule has 4 N–H and O–H groups in total. The number of nitrogens with zero attached hydrogens (tertiary/aromatic N) is 1. The number of hydrogen-bond donors (Lipinski definition) is 3. The summed E-state index contributed by atoms with van der Waals surface area (Å²) in [7, 11) is -2.79. The third-order valence-corrected chi connectivity index (χ3v) is 7.52. The summed E-state index contributed by atoms with van der Waals surface area (Å²) in [6, 6.07) is 12.0. The minimum Gasteiger partial charge on any atom is -0.440 e. The third-order valence-electron chi connectivity index (χ3n) is 5.75. The molecule has 10 nitrogen and oxygen atoms in total. The number of carbonyl (C=O) groups is 3. The maximum Gasteiger partial charge on any atom is 0.485 e. The van der Waals surface area contributed by atoms with E-state index in [4.69, 9.17) is 5.73 Å². The lowest BCUT2D eigenvalue weighted by atomic mass is 10.1. The Hall–Kier alpha value is -3.73. The Morgan fingerprint density at radius 1 is 1.09 bits per heavy atom. The highest BCUT2D eigenvalue weighted by Gasteiger charge is 2.32. The van der Waals surface area contributed by atoms with Crippen LogP contribution in [0.3, 0.4) is 0 Å². The van der Waals surface area contributed by atoms with E-state index in [9.17, 15) is 22.8 Å². The Balaban J connectivity index is 2.09. The van der Waals surface area contributed by atoms with Crippen molar-refractivity contribution in [2.24, 2.45) is 11.7 Å². The number of sulfone groups is 1. The monoisotopic (exact) mass is 501 g/mol. The topological polar surface area (TPSA) is 150 Å². The van der Waals surface area contributed by atoms with Crippen molar-refractivity contribution in [2.75, 3.05) is 12.4 Å². The third kappa shape index (κ3) is 5.86. The molecule has 11 heteroatoms. The number of benzene rings is 2. The molecule has 0 radical (unpaired) electrons. The van der Waals surface area contributed by atoms with Gasteiger partial charge in [0.2, 0.25) is 15.7 Å². The minimum absolute atomic E-state index is 0.0365. The molecule has 0 heterocycles. The number of nitrogens with one attached hydrogen (secondary N) is 2. The van der Waals surface area contributed by atoms with Crippen LogP contribution in [-0.4, -0.2) is 44.3 Å². The number of imide groups is 1. The van der Waals surface area contributed by atoms with Crippen molar-refractivity contribution in [3.05, 3.63) is 48.5 Å². The number of amides is 3. The van der Waals surface area contributed by atoms with Gasteiger partial charge in [0.1, 0.15) is 5.69 Å². The fourth-order valence-electron chi connectivity index (χ4n) is 3.84. The zero-order chi connectivity index (χ0) is 25.6. The van der Waals surface area contributed by atoms with Crippen molar-refractivity contribution in [3.8, 4) is 0 Å². The van der Waals surface area contributed by atoms with Crippen LogP contribution in [0.25, 0.3) is 0 Å². The number of ether oxygens (including phenoxy) is 1. The molecule has 1 saturated carbocycles. The van der Waals surface area contributed by atoms with Crippen LogP contribution < -0.4 is 16.0 Å². The van der Waals surface area contributed by atoms with E-state index in [-0.39, 0.29) is 39.4 Å². The van der Waals surface area contributed by atoms with Gasteiger partial charge in [0.25, 0.3) is 5.91 Å². The summed E-state index contributed by atoms with van der Waals surface area (Å²) >= 11 is 0. The average molecular weight is 502 g/mol. The molecular weight excluding hydrogens is 472 g/mol. The van der Waals surface area contributed by atoms with Gasteiger partial charge in [-0.05, 0) is 43.2 Å². The number of carbonyl (C=O) groups excluding carboxylic acids is 3. The number of anilines is 1. The molecule has 0 atom stereocenters. The summed E-state index contributed by atoms with van der Waals surface area (Å²) in [4.78, 5) is 40.6. The molecule has 2 aromatic carbocycles. The van der Waals surface area contributed by atoms with Crippen LogP contribution in [-0.2, 0) is 24.2 Å². The van der Waals surface area contributed by atoms with Gasteiger partial charge in [0, 0.05) is 12.3 Å². The Kier molecular flexibility index (Phi) is 8.23. The van der Waals surface area contributed by atoms with Crippen molar-refractivity contribution < 1.29 is 32.5 Å². The highest BCUT2D eigenvalue weighted by Crippen LogP contribution is 2.29. The average Bonchev–Trinajstić information content (AvgIpc) is 3.40. The Bertz CT molecular complexity index is 1220. The zero-order valence-corrected chi connectivity index (χ0v) is 20.4. The quantitative estimate of drug-likeness (QED) is 0.403. The number of nitrogens with two attached hydrogens (primary N) is 1. The van der Waals surface area contributed by atoms with E-state index in [0.717, 1.165) is 32.8 Å². The minimum atomic E-state index is -3.90. The van der Waals surface area contributed by atoms with Gasteiger partial charge in [-0.2, -0.15) is 0 Å². The second kappa shape index (κ2) is 11.1.